The fourth-order valence-electron chi connectivity index (χ4n) is 2.17. The zero-order chi connectivity index (χ0) is 11.2. The smallest absolute Gasteiger partial charge is 0.231 e. The molecule has 1 aromatic rings. The van der Waals surface area contributed by atoms with Crippen LogP contribution >= 0.6 is 0 Å². The first-order chi connectivity index (χ1) is 7.73. The van der Waals surface area contributed by atoms with Gasteiger partial charge in [-0.3, -0.25) is 0 Å². The van der Waals surface area contributed by atoms with Crippen molar-refractivity contribution < 1.29 is 9.26 Å². The van der Waals surface area contributed by atoms with E-state index in [0.29, 0.717) is 11.7 Å². The van der Waals surface area contributed by atoms with Crippen molar-refractivity contribution in [1.29, 1.82) is 5.26 Å². The van der Waals surface area contributed by atoms with Crippen LogP contribution in [0.2, 0.25) is 0 Å². The number of nitriles is 1. The second-order valence-electron chi connectivity index (χ2n) is 4.72. The van der Waals surface area contributed by atoms with Crippen LogP contribution in [0.1, 0.15) is 43.8 Å². The van der Waals surface area contributed by atoms with Crippen molar-refractivity contribution in [1.82, 2.24) is 10.1 Å². The SMILES string of the molecule is CC1(c2noc(C3CC3C#N)n2)CCCO1. The molecule has 1 aromatic heterocycles. The highest BCUT2D eigenvalue weighted by Gasteiger charge is 2.45. The molecule has 3 rings (SSSR count). The van der Waals surface area contributed by atoms with Crippen LogP contribution in [0.25, 0.3) is 0 Å². The largest absolute Gasteiger partial charge is 0.367 e. The Morgan fingerprint density at radius 2 is 2.44 bits per heavy atom. The van der Waals surface area contributed by atoms with E-state index in [1.54, 1.807) is 0 Å². The van der Waals surface area contributed by atoms with Crippen molar-refractivity contribution in [3.63, 3.8) is 0 Å². The molecule has 2 aliphatic rings. The zero-order valence-electron chi connectivity index (χ0n) is 9.14. The molecule has 0 spiro atoms. The molecule has 5 nitrogen and oxygen atoms in total. The van der Waals surface area contributed by atoms with Gasteiger partial charge in [-0.05, 0) is 26.2 Å². The third-order valence-corrected chi connectivity index (χ3v) is 3.41. The van der Waals surface area contributed by atoms with Crippen LogP contribution < -0.4 is 0 Å². The number of hydrogen-bond donors (Lipinski definition) is 0. The lowest BCUT2D eigenvalue weighted by atomic mass is 10.0. The second kappa shape index (κ2) is 3.29. The molecule has 0 amide bonds. The molecule has 84 valence electrons. The van der Waals surface area contributed by atoms with Gasteiger partial charge in [0.15, 0.2) is 0 Å². The fraction of sp³-hybridized carbons (Fsp3) is 0.727. The highest BCUT2D eigenvalue weighted by Crippen LogP contribution is 2.46. The first kappa shape index (κ1) is 9.79. The highest BCUT2D eigenvalue weighted by atomic mass is 16.5. The molecule has 1 aliphatic carbocycles. The summed E-state index contributed by atoms with van der Waals surface area (Å²) in [6.45, 7) is 2.74. The Kier molecular flexibility index (Phi) is 2.01. The van der Waals surface area contributed by atoms with Crippen LogP contribution in [0.5, 0.6) is 0 Å². The summed E-state index contributed by atoms with van der Waals surface area (Å²) in [7, 11) is 0. The van der Waals surface area contributed by atoms with Gasteiger partial charge in [0.1, 0.15) is 5.60 Å². The predicted octanol–water partition coefficient (Wildman–Crippen LogP) is 1.72. The first-order valence-corrected chi connectivity index (χ1v) is 5.60. The summed E-state index contributed by atoms with van der Waals surface area (Å²) in [6.07, 6.45) is 2.80. The molecule has 2 fully saturated rings. The Balaban J connectivity index is 1.81. The Morgan fingerprint density at radius 1 is 1.56 bits per heavy atom. The quantitative estimate of drug-likeness (QED) is 0.757. The number of hydrogen-bond acceptors (Lipinski definition) is 5. The molecule has 0 bridgehead atoms. The Labute approximate surface area is 93.4 Å². The highest BCUT2D eigenvalue weighted by molar-refractivity contribution is 5.16. The summed E-state index contributed by atoms with van der Waals surface area (Å²) >= 11 is 0. The lowest BCUT2D eigenvalue weighted by Crippen LogP contribution is -2.21. The lowest BCUT2D eigenvalue weighted by Gasteiger charge is -2.17. The van der Waals surface area contributed by atoms with Gasteiger partial charge in [-0.15, -0.1) is 0 Å². The third kappa shape index (κ3) is 1.41. The summed E-state index contributed by atoms with van der Waals surface area (Å²) in [4.78, 5) is 4.37. The summed E-state index contributed by atoms with van der Waals surface area (Å²) in [6, 6.07) is 2.22. The van der Waals surface area contributed by atoms with Gasteiger partial charge in [0.2, 0.25) is 11.7 Å². The topological polar surface area (TPSA) is 71.9 Å². The summed E-state index contributed by atoms with van der Waals surface area (Å²) in [5.74, 6) is 1.43. The maximum absolute atomic E-state index is 8.74. The monoisotopic (exact) mass is 219 g/mol. The van der Waals surface area contributed by atoms with Crippen molar-refractivity contribution in [2.75, 3.05) is 6.61 Å². The van der Waals surface area contributed by atoms with E-state index in [9.17, 15) is 0 Å². The lowest BCUT2D eigenvalue weighted by molar-refractivity contribution is 0.00768. The van der Waals surface area contributed by atoms with E-state index in [1.165, 1.54) is 0 Å². The first-order valence-electron chi connectivity index (χ1n) is 5.60. The van der Waals surface area contributed by atoms with Gasteiger partial charge >= 0.3 is 0 Å². The summed E-state index contributed by atoms with van der Waals surface area (Å²) in [5, 5.41) is 12.7. The minimum absolute atomic E-state index is 0.0607. The molecule has 3 unspecified atom stereocenters. The molecule has 1 saturated heterocycles. The van der Waals surface area contributed by atoms with Crippen LogP contribution in [-0.2, 0) is 10.3 Å². The average Bonchev–Trinajstić information content (AvgIpc) is 2.72. The Hall–Kier alpha value is -1.41. The van der Waals surface area contributed by atoms with E-state index in [2.05, 4.69) is 16.2 Å². The predicted molar refractivity (Wildman–Crippen MR) is 53.3 cm³/mol. The van der Waals surface area contributed by atoms with Crippen LogP contribution in [0, 0.1) is 17.2 Å². The van der Waals surface area contributed by atoms with Crippen molar-refractivity contribution in [3.8, 4) is 6.07 Å². The van der Waals surface area contributed by atoms with Gasteiger partial charge < -0.3 is 9.26 Å². The number of rotatable bonds is 2. The van der Waals surface area contributed by atoms with Crippen molar-refractivity contribution in [2.24, 2.45) is 5.92 Å². The van der Waals surface area contributed by atoms with E-state index in [0.717, 1.165) is 25.9 Å². The second-order valence-corrected chi connectivity index (χ2v) is 4.72. The average molecular weight is 219 g/mol. The van der Waals surface area contributed by atoms with Crippen LogP contribution in [0.15, 0.2) is 4.52 Å². The van der Waals surface area contributed by atoms with Crippen molar-refractivity contribution in [3.05, 3.63) is 11.7 Å². The van der Waals surface area contributed by atoms with Crippen LogP contribution in [-0.4, -0.2) is 16.7 Å². The molecule has 1 saturated carbocycles. The maximum atomic E-state index is 8.74. The van der Waals surface area contributed by atoms with Gasteiger partial charge in [-0.2, -0.15) is 10.2 Å². The van der Waals surface area contributed by atoms with E-state index >= 15 is 0 Å². The number of nitrogens with zero attached hydrogens (tertiary/aromatic N) is 3. The molecule has 0 aromatic carbocycles. The van der Waals surface area contributed by atoms with Gasteiger partial charge in [0.05, 0.1) is 17.9 Å². The molecule has 5 heteroatoms. The molecule has 2 heterocycles. The summed E-state index contributed by atoms with van der Waals surface area (Å²) < 4.78 is 10.8. The molecular weight excluding hydrogens is 206 g/mol. The number of aromatic nitrogens is 2. The zero-order valence-corrected chi connectivity index (χ0v) is 9.14. The molecule has 0 radical (unpaired) electrons. The van der Waals surface area contributed by atoms with Crippen LogP contribution in [0.4, 0.5) is 0 Å². The molecule has 3 atom stereocenters. The standard InChI is InChI=1S/C11H13N3O2/c1-11(3-2-4-15-11)10-13-9(16-14-10)8-5-7(8)6-12/h7-8H,2-5H2,1H3. The molecule has 0 N–H and O–H groups in total. The van der Waals surface area contributed by atoms with Gasteiger partial charge in [0.25, 0.3) is 0 Å². The Bertz CT molecular complexity index is 442. The summed E-state index contributed by atoms with van der Waals surface area (Å²) in [5.41, 5.74) is -0.390. The molecule has 1 aliphatic heterocycles. The minimum atomic E-state index is -0.390. The van der Waals surface area contributed by atoms with E-state index in [4.69, 9.17) is 14.5 Å². The number of ether oxygens (including phenoxy) is 1. The maximum Gasteiger partial charge on any atom is 0.231 e. The van der Waals surface area contributed by atoms with E-state index in [1.807, 2.05) is 6.92 Å². The van der Waals surface area contributed by atoms with E-state index in [-0.39, 0.29) is 11.8 Å². The minimum Gasteiger partial charge on any atom is -0.367 e. The Morgan fingerprint density at radius 3 is 3.06 bits per heavy atom. The van der Waals surface area contributed by atoms with E-state index < -0.39 is 5.60 Å². The van der Waals surface area contributed by atoms with Gasteiger partial charge in [-0.25, -0.2) is 0 Å². The van der Waals surface area contributed by atoms with Crippen LogP contribution in [0.3, 0.4) is 0 Å². The third-order valence-electron chi connectivity index (χ3n) is 3.41. The van der Waals surface area contributed by atoms with Crippen molar-refractivity contribution >= 4 is 0 Å². The van der Waals surface area contributed by atoms with Crippen molar-refractivity contribution in [2.45, 2.75) is 37.7 Å². The normalized spacial score (nSPS) is 37.2. The van der Waals surface area contributed by atoms with Gasteiger partial charge in [0, 0.05) is 6.61 Å². The molecular formula is C11H13N3O2. The molecule has 16 heavy (non-hydrogen) atoms. The fourth-order valence-corrected chi connectivity index (χ4v) is 2.17. The van der Waals surface area contributed by atoms with Gasteiger partial charge in [-0.1, -0.05) is 5.16 Å².